The van der Waals surface area contributed by atoms with E-state index < -0.39 is 0 Å². The predicted octanol–water partition coefficient (Wildman–Crippen LogP) is 10.2. The molecule has 620 valence electrons. The lowest BCUT2D eigenvalue weighted by Crippen LogP contribution is -2.56. The number of carbonyl (C=O) groups is 3. The minimum absolute atomic E-state index is 0.101. The van der Waals surface area contributed by atoms with Gasteiger partial charge in [0.25, 0.3) is 5.91 Å². The van der Waals surface area contributed by atoms with Crippen LogP contribution in [0, 0.1) is 38.8 Å². The summed E-state index contributed by atoms with van der Waals surface area (Å²) in [5.41, 5.74) is 13.0. The third-order valence-corrected chi connectivity index (χ3v) is 25.5. The number of hydrogen-bond donors (Lipinski definition) is 0. The molecule has 5 atom stereocenters. The molecule has 9 aliphatic heterocycles. The van der Waals surface area contributed by atoms with E-state index >= 15 is 0 Å². The van der Waals surface area contributed by atoms with Crippen molar-refractivity contribution >= 4 is 56.7 Å². The molecule has 26 nitrogen and oxygen atoms in total. The predicted molar refractivity (Wildman–Crippen MR) is 463 cm³/mol. The number of benzene rings is 5. The topological polar surface area (TPSA) is 204 Å². The molecule has 9 aliphatic rings. The number of ether oxygens (including phenoxy) is 3. The summed E-state index contributed by atoms with van der Waals surface area (Å²) < 4.78 is 18.7. The quantitative estimate of drug-likeness (QED) is 0.0352. The zero-order valence-corrected chi connectivity index (χ0v) is 70.0. The Hall–Kier alpha value is -11.2. The third kappa shape index (κ3) is 19.3. The van der Waals surface area contributed by atoms with Gasteiger partial charge in [0, 0.05) is 159 Å². The van der Waals surface area contributed by atoms with E-state index in [9.17, 15) is 14.4 Å². The van der Waals surface area contributed by atoms with Crippen molar-refractivity contribution in [2.24, 2.45) is 0 Å². The lowest BCUT2D eigenvalue weighted by Gasteiger charge is -2.40. The minimum Gasteiger partial charge on any atom is -0.462 e. The Labute approximate surface area is 700 Å². The average Bonchev–Trinajstić information content (AvgIpc) is 1.67. The Morgan fingerprint density at radius 1 is 0.462 bits per heavy atom. The molecule has 0 saturated carbocycles. The molecule has 0 bridgehead atoms. The number of aryl methyl sites for hydroxylation is 1. The smallest absolute Gasteiger partial charge is 0.318 e. The van der Waals surface area contributed by atoms with E-state index in [4.69, 9.17) is 57.3 Å². The Morgan fingerprint density at radius 2 is 0.840 bits per heavy atom. The molecule has 0 spiro atoms. The Morgan fingerprint density at radius 3 is 1.24 bits per heavy atom. The number of fused-ring (bicyclic) bond motifs is 5. The second kappa shape index (κ2) is 38.3. The van der Waals surface area contributed by atoms with Crippen LogP contribution in [0.1, 0.15) is 107 Å². The number of likely N-dealkylation sites (N-methyl/N-ethyl adjacent to an activating group) is 3. The lowest BCUT2D eigenvalue weighted by atomic mass is 10.0. The maximum Gasteiger partial charge on any atom is 0.318 e. The molecule has 8 aromatic rings. The van der Waals surface area contributed by atoms with Crippen LogP contribution in [0.2, 0.25) is 0 Å². The maximum absolute atomic E-state index is 12.5. The van der Waals surface area contributed by atoms with Gasteiger partial charge in [-0.05, 0) is 168 Å². The molecule has 17 rings (SSSR count). The molecule has 119 heavy (non-hydrogen) atoms. The number of likely N-dealkylation sites (tertiary alicyclic amines) is 3. The lowest BCUT2D eigenvalue weighted by molar-refractivity contribution is -0.129. The highest BCUT2D eigenvalue weighted by Gasteiger charge is 2.40. The van der Waals surface area contributed by atoms with Gasteiger partial charge in [-0.25, -0.2) is 13.1 Å². The van der Waals surface area contributed by atoms with E-state index in [0.29, 0.717) is 128 Å². The van der Waals surface area contributed by atoms with Gasteiger partial charge in [-0.3, -0.25) is 29.1 Å². The summed E-state index contributed by atoms with van der Waals surface area (Å²) in [6.45, 7) is 46.9. The van der Waals surface area contributed by atoms with Gasteiger partial charge in [-0.2, -0.15) is 29.9 Å². The molecule has 0 radical (unpaired) electrons. The van der Waals surface area contributed by atoms with E-state index in [1.54, 1.807) is 16.7 Å². The Balaban J connectivity index is 0.000000139. The summed E-state index contributed by atoms with van der Waals surface area (Å²) in [6.07, 6.45) is 9.63. The van der Waals surface area contributed by atoms with Gasteiger partial charge in [0.15, 0.2) is 0 Å². The molecule has 26 heteroatoms. The standard InChI is InChI=1S/C32H37N7O2.C31H36N6O2.C30H39N7O2/c1-4-30(40)39-16-15-38(19-26(39)17-33-2)31-28-20-37(18-24-11-7-10-23-9-5-6-13-27(23)24)21-29(28)34-32(35-31)41-22-25-12-8-14-36(25)3;1-3-8-29(38)36-15-17-37(18-16-36)30-27-20-35(19-24-11-6-10-23-9-4-5-13-26(23)24)21-28(27)32-31(33-30)39-22-25-12-7-14-34(25)2;1-6-28(38)37-14-13-36(17-25(37)15-31-4)29-26-18-35(16-23-10-7-9-21(2)22(23)3)19-27(26)32-30(33-29)39-20-24-11-8-12-34(24)5/h4-7,9-11,13,25-26H,1,8,12,14-22H2,3H3;4-6,9-11,13,25H,7,12,14-22H2,1-2H3;6-7,9-10,24-25H,1,8,11-20H2,2-3,5H3/t25-,26-;25-;24-,25-/m000/s1. The van der Waals surface area contributed by atoms with Crippen molar-refractivity contribution in [1.82, 2.24) is 74.0 Å². The molecule has 6 fully saturated rings. The maximum atomic E-state index is 12.5. The van der Waals surface area contributed by atoms with E-state index in [1.807, 2.05) is 4.90 Å². The van der Waals surface area contributed by atoms with Gasteiger partial charge in [-0.15, -0.1) is 0 Å². The fourth-order valence-electron chi connectivity index (χ4n) is 18.5. The molecule has 6 saturated heterocycles. The SMILES string of the molecule is CC#CC(=O)N1CCN(c2nc(OC[C@@H]3CCCN3C)nc3c2CN(Cc2cccc4ccccc24)C3)CC1.[C-]#[N+]C[C@H]1CN(c2nc(OC[C@@H]3CCCN3C)nc3c2CN(Cc2cccc(C)c2C)C3)CCN1C(=O)C=C.[C-]#[N+]C[C@H]1CN(c2nc(OC[C@@H]3CCCN3C)nc3c2CN(Cc2cccc4ccccc24)C3)CCN1C(=O)C=C. The molecule has 0 N–H and O–H groups in total. The number of rotatable bonds is 22. The van der Waals surface area contributed by atoms with Gasteiger partial charge in [0.1, 0.15) is 49.4 Å². The number of piperazine rings is 3. The number of carbonyl (C=O) groups excluding carboxylic acids is 3. The fourth-order valence-corrected chi connectivity index (χ4v) is 18.5. The van der Waals surface area contributed by atoms with Gasteiger partial charge < -0.3 is 68.0 Å². The minimum atomic E-state index is -0.220. The van der Waals surface area contributed by atoms with Crippen molar-refractivity contribution in [3.63, 3.8) is 0 Å². The largest absolute Gasteiger partial charge is 0.462 e. The molecule has 3 aromatic heterocycles. The summed E-state index contributed by atoms with van der Waals surface area (Å²) in [5, 5.41) is 5.07. The highest BCUT2D eigenvalue weighted by molar-refractivity contribution is 5.93. The molecule has 12 heterocycles. The number of aromatic nitrogens is 6. The van der Waals surface area contributed by atoms with Gasteiger partial charge in [-0.1, -0.05) is 122 Å². The van der Waals surface area contributed by atoms with Crippen molar-refractivity contribution in [2.45, 2.75) is 148 Å². The number of anilines is 3. The number of nitrogens with zero attached hydrogens (tertiary/aromatic N) is 20. The van der Waals surface area contributed by atoms with Gasteiger partial charge >= 0.3 is 18.0 Å². The summed E-state index contributed by atoms with van der Waals surface area (Å²) >= 11 is 0. The fraction of sp³-hybridized carbons (Fsp3) is 0.473. The van der Waals surface area contributed by atoms with Crippen LogP contribution in [0.25, 0.3) is 31.2 Å². The van der Waals surface area contributed by atoms with Crippen LogP contribution in [0.4, 0.5) is 17.5 Å². The average molecular weight is 1610 g/mol. The van der Waals surface area contributed by atoms with E-state index in [1.165, 1.54) is 86.3 Å². The number of hydrogen-bond acceptors (Lipinski definition) is 21. The van der Waals surface area contributed by atoms with Crippen LogP contribution in [-0.2, 0) is 73.3 Å². The highest BCUT2D eigenvalue weighted by atomic mass is 16.5. The van der Waals surface area contributed by atoms with Crippen LogP contribution in [0.15, 0.2) is 128 Å². The zero-order valence-electron chi connectivity index (χ0n) is 70.0. The number of amides is 3. The summed E-state index contributed by atoms with van der Waals surface area (Å²) in [5.74, 6) is 7.73. The van der Waals surface area contributed by atoms with Crippen LogP contribution in [-0.4, -0.2) is 261 Å². The van der Waals surface area contributed by atoms with Crippen LogP contribution < -0.4 is 28.9 Å². The van der Waals surface area contributed by atoms with Gasteiger partial charge in [0.2, 0.25) is 24.9 Å². The molecular weight excluding hydrogens is 1490 g/mol. The van der Waals surface area contributed by atoms with E-state index in [0.717, 1.165) is 137 Å². The normalized spacial score (nSPS) is 20.8. The highest BCUT2D eigenvalue weighted by Crippen LogP contribution is 2.39. The molecule has 0 aliphatic carbocycles. The van der Waals surface area contributed by atoms with Crippen LogP contribution >= 0.6 is 0 Å². The molecule has 5 aromatic carbocycles. The summed E-state index contributed by atoms with van der Waals surface area (Å²) in [7, 11) is 6.44. The van der Waals surface area contributed by atoms with E-state index in [-0.39, 0.29) is 42.9 Å². The monoisotopic (exact) mass is 1600 g/mol. The van der Waals surface area contributed by atoms with Crippen LogP contribution in [0.5, 0.6) is 18.0 Å². The first kappa shape index (κ1) is 82.9. The summed E-state index contributed by atoms with van der Waals surface area (Å²) in [6, 6.07) is 38.6. The first-order chi connectivity index (χ1) is 58.0. The Bertz CT molecular complexity index is 5170. The zero-order chi connectivity index (χ0) is 82.6. The summed E-state index contributed by atoms with van der Waals surface area (Å²) in [4.78, 5) is 101. The van der Waals surface area contributed by atoms with Crippen LogP contribution in [0.3, 0.4) is 0 Å². The first-order valence-corrected chi connectivity index (χ1v) is 42.3. The molecular formula is C93H112N20O6. The Kier molecular flexibility index (Phi) is 26.7. The molecule has 0 unspecified atom stereocenters. The molecule has 3 amide bonds. The second-order valence-corrected chi connectivity index (χ2v) is 33.1. The first-order valence-electron chi connectivity index (χ1n) is 42.3. The van der Waals surface area contributed by atoms with Gasteiger partial charge in [0.05, 0.1) is 17.1 Å². The van der Waals surface area contributed by atoms with Crippen molar-refractivity contribution in [3.8, 4) is 29.9 Å². The second-order valence-electron chi connectivity index (χ2n) is 33.1. The van der Waals surface area contributed by atoms with Crippen molar-refractivity contribution in [1.29, 1.82) is 0 Å². The van der Waals surface area contributed by atoms with Crippen molar-refractivity contribution < 1.29 is 28.6 Å². The van der Waals surface area contributed by atoms with Crippen molar-refractivity contribution in [3.05, 3.63) is 213 Å². The third-order valence-electron chi connectivity index (χ3n) is 25.5. The van der Waals surface area contributed by atoms with E-state index in [2.05, 4.69) is 217 Å². The van der Waals surface area contributed by atoms with Crippen molar-refractivity contribution in [2.75, 3.05) is 154 Å².